The van der Waals surface area contributed by atoms with Crippen molar-refractivity contribution in [1.82, 2.24) is 4.98 Å². The maximum absolute atomic E-state index is 11.2. The van der Waals surface area contributed by atoms with Gasteiger partial charge in [0.25, 0.3) is 0 Å². The molecule has 108 valence electrons. The quantitative estimate of drug-likeness (QED) is 0.722. The summed E-state index contributed by atoms with van der Waals surface area (Å²) in [5, 5.41) is 0. The van der Waals surface area contributed by atoms with Gasteiger partial charge in [-0.25, -0.2) is 4.79 Å². The van der Waals surface area contributed by atoms with Crippen LogP contribution in [0.1, 0.15) is 0 Å². The smallest absolute Gasteiger partial charge is 0.417 e. The van der Waals surface area contributed by atoms with E-state index < -0.39 is 5.76 Å². The molecule has 1 aromatic heterocycles. The Morgan fingerprint density at radius 3 is 2.81 bits per heavy atom. The fourth-order valence-electron chi connectivity index (χ4n) is 2.03. The number of nitrogens with one attached hydrogen (secondary N) is 1. The summed E-state index contributed by atoms with van der Waals surface area (Å²) in [6.07, 6.45) is 0. The van der Waals surface area contributed by atoms with E-state index in [-0.39, 0.29) is 0 Å². The van der Waals surface area contributed by atoms with E-state index in [1.165, 1.54) is 0 Å². The highest BCUT2D eigenvalue weighted by molar-refractivity contribution is 5.80. The summed E-state index contributed by atoms with van der Waals surface area (Å²) in [4.78, 5) is 15.7. The van der Waals surface area contributed by atoms with Gasteiger partial charge in [-0.2, -0.15) is 0 Å². The van der Waals surface area contributed by atoms with Crippen LogP contribution < -0.4 is 21.1 Å². The molecule has 0 saturated heterocycles. The lowest BCUT2D eigenvalue weighted by molar-refractivity contribution is 0.485. The fourth-order valence-corrected chi connectivity index (χ4v) is 2.03. The highest BCUT2D eigenvalue weighted by atomic mass is 16.5. The van der Waals surface area contributed by atoms with Gasteiger partial charge >= 0.3 is 5.76 Å². The van der Waals surface area contributed by atoms with Crippen LogP contribution >= 0.6 is 0 Å². The highest BCUT2D eigenvalue weighted by Crippen LogP contribution is 2.32. The van der Waals surface area contributed by atoms with E-state index in [2.05, 4.69) is 4.98 Å². The van der Waals surface area contributed by atoms with Crippen molar-refractivity contribution in [3.63, 3.8) is 0 Å². The number of fused-ring (bicyclic) bond motifs is 1. The minimum Gasteiger partial charge on any atom is -0.455 e. The molecule has 6 nitrogen and oxygen atoms in total. The lowest BCUT2D eigenvalue weighted by Gasteiger charge is -2.14. The van der Waals surface area contributed by atoms with Crippen LogP contribution in [-0.2, 0) is 0 Å². The molecule has 0 saturated carbocycles. The van der Waals surface area contributed by atoms with Crippen molar-refractivity contribution in [3.8, 4) is 11.5 Å². The number of anilines is 2. The van der Waals surface area contributed by atoms with Gasteiger partial charge in [0.15, 0.2) is 11.3 Å². The van der Waals surface area contributed by atoms with Gasteiger partial charge in [-0.1, -0.05) is 6.07 Å². The van der Waals surface area contributed by atoms with Crippen LogP contribution in [0, 0.1) is 0 Å². The zero-order valence-corrected chi connectivity index (χ0v) is 11.7. The number of benzene rings is 2. The van der Waals surface area contributed by atoms with Gasteiger partial charge in [0.1, 0.15) is 5.75 Å². The van der Waals surface area contributed by atoms with Gasteiger partial charge in [0, 0.05) is 38.0 Å². The second-order valence-electron chi connectivity index (χ2n) is 4.89. The number of nitrogens with zero attached hydrogens (tertiary/aromatic N) is 1. The molecule has 1 heterocycles. The Hall–Kier alpha value is -2.89. The second kappa shape index (κ2) is 4.90. The summed E-state index contributed by atoms with van der Waals surface area (Å²) >= 11 is 0. The number of ether oxygens (including phenoxy) is 1. The van der Waals surface area contributed by atoms with Crippen LogP contribution in [0.5, 0.6) is 11.5 Å². The molecule has 0 aliphatic heterocycles. The Balaban J connectivity index is 1.99. The van der Waals surface area contributed by atoms with Crippen LogP contribution in [-0.4, -0.2) is 19.1 Å². The largest absolute Gasteiger partial charge is 0.455 e. The van der Waals surface area contributed by atoms with Crippen molar-refractivity contribution >= 4 is 22.5 Å². The van der Waals surface area contributed by atoms with Crippen LogP contribution in [0.3, 0.4) is 0 Å². The van der Waals surface area contributed by atoms with Gasteiger partial charge in [0.2, 0.25) is 0 Å². The minimum atomic E-state index is -0.517. The van der Waals surface area contributed by atoms with E-state index in [9.17, 15) is 4.79 Å². The molecule has 0 bridgehead atoms. The summed E-state index contributed by atoms with van der Waals surface area (Å²) in [6.45, 7) is 0. The SMILES string of the molecule is CN(C)c1cccc(Oc2cc3[nH]c(=O)oc3cc2N)c1. The molecule has 3 N–H and O–H groups in total. The summed E-state index contributed by atoms with van der Waals surface area (Å²) in [5.41, 5.74) is 8.31. The molecule has 0 aliphatic carbocycles. The van der Waals surface area contributed by atoms with Crippen LogP contribution in [0.4, 0.5) is 11.4 Å². The van der Waals surface area contributed by atoms with Gasteiger partial charge < -0.3 is 19.8 Å². The first-order valence-corrected chi connectivity index (χ1v) is 6.40. The van der Waals surface area contributed by atoms with E-state index >= 15 is 0 Å². The van der Waals surface area contributed by atoms with Gasteiger partial charge in [-0.15, -0.1) is 0 Å². The standard InChI is InChI=1S/C15H15N3O3/c1-18(2)9-4-3-5-10(6-9)20-13-8-12-14(7-11(13)16)21-15(19)17-12/h3-8H,16H2,1-2H3,(H,17,19). The summed E-state index contributed by atoms with van der Waals surface area (Å²) < 4.78 is 10.8. The third kappa shape index (κ3) is 2.55. The number of aromatic nitrogens is 1. The van der Waals surface area contributed by atoms with Crippen molar-refractivity contribution in [2.75, 3.05) is 24.7 Å². The molecule has 0 fully saturated rings. The Morgan fingerprint density at radius 2 is 2.05 bits per heavy atom. The normalized spacial score (nSPS) is 10.8. The number of hydrogen-bond acceptors (Lipinski definition) is 5. The van der Waals surface area contributed by atoms with Crippen molar-refractivity contribution < 1.29 is 9.15 Å². The molecule has 0 atom stereocenters. The van der Waals surface area contributed by atoms with Crippen molar-refractivity contribution in [2.45, 2.75) is 0 Å². The lowest BCUT2D eigenvalue weighted by atomic mass is 10.2. The van der Waals surface area contributed by atoms with Gasteiger partial charge in [0.05, 0.1) is 11.2 Å². The summed E-state index contributed by atoms with van der Waals surface area (Å²) in [5.74, 6) is 0.615. The molecular formula is C15H15N3O3. The highest BCUT2D eigenvalue weighted by Gasteiger charge is 2.09. The molecule has 0 aliphatic rings. The first-order valence-electron chi connectivity index (χ1n) is 6.40. The average molecular weight is 285 g/mol. The number of nitrogen functional groups attached to an aromatic ring is 1. The molecule has 0 spiro atoms. The predicted molar refractivity (Wildman–Crippen MR) is 82.1 cm³/mol. The molecular weight excluding hydrogens is 270 g/mol. The monoisotopic (exact) mass is 285 g/mol. The zero-order valence-electron chi connectivity index (χ0n) is 11.7. The third-order valence-corrected chi connectivity index (χ3v) is 3.11. The molecule has 3 aromatic rings. The Kier molecular flexibility index (Phi) is 3.06. The Labute approximate surface area is 120 Å². The van der Waals surface area contributed by atoms with Crippen LogP contribution in [0.2, 0.25) is 0 Å². The number of rotatable bonds is 3. The van der Waals surface area contributed by atoms with E-state index in [0.717, 1.165) is 5.69 Å². The number of aromatic amines is 1. The number of oxazole rings is 1. The van der Waals surface area contributed by atoms with E-state index in [4.69, 9.17) is 14.9 Å². The van der Waals surface area contributed by atoms with Crippen molar-refractivity contribution in [1.29, 1.82) is 0 Å². The van der Waals surface area contributed by atoms with Crippen LogP contribution in [0.15, 0.2) is 45.6 Å². The molecule has 6 heteroatoms. The Bertz CT molecular complexity index is 849. The van der Waals surface area contributed by atoms with Crippen molar-refractivity contribution in [3.05, 3.63) is 46.9 Å². The molecule has 0 unspecified atom stereocenters. The molecule has 0 radical (unpaired) electrons. The second-order valence-corrected chi connectivity index (χ2v) is 4.89. The van der Waals surface area contributed by atoms with Gasteiger partial charge in [-0.05, 0) is 12.1 Å². The zero-order chi connectivity index (χ0) is 15.0. The van der Waals surface area contributed by atoms with E-state index in [1.54, 1.807) is 12.1 Å². The van der Waals surface area contributed by atoms with E-state index in [0.29, 0.717) is 28.3 Å². The number of nitrogens with two attached hydrogens (primary N) is 1. The molecule has 21 heavy (non-hydrogen) atoms. The first-order chi connectivity index (χ1) is 10.0. The molecule has 2 aromatic carbocycles. The Morgan fingerprint density at radius 1 is 1.24 bits per heavy atom. The first kappa shape index (κ1) is 13.1. The molecule has 3 rings (SSSR count). The number of H-pyrrole nitrogens is 1. The maximum atomic E-state index is 11.2. The fraction of sp³-hybridized carbons (Fsp3) is 0.133. The average Bonchev–Trinajstić information content (AvgIpc) is 2.78. The van der Waals surface area contributed by atoms with E-state index in [1.807, 2.05) is 43.3 Å². The lowest BCUT2D eigenvalue weighted by Crippen LogP contribution is -2.08. The summed E-state index contributed by atoms with van der Waals surface area (Å²) in [7, 11) is 3.91. The third-order valence-electron chi connectivity index (χ3n) is 3.11. The predicted octanol–water partition coefficient (Wildman–Crippen LogP) is 2.56. The van der Waals surface area contributed by atoms with Gasteiger partial charge in [-0.3, -0.25) is 4.98 Å². The maximum Gasteiger partial charge on any atom is 0.417 e. The van der Waals surface area contributed by atoms with Crippen LogP contribution in [0.25, 0.3) is 11.1 Å². The summed E-state index contributed by atoms with van der Waals surface area (Å²) in [6, 6.07) is 10.8. The number of hydrogen-bond donors (Lipinski definition) is 2. The minimum absolute atomic E-state index is 0.403. The molecule has 0 amide bonds. The van der Waals surface area contributed by atoms with Crippen molar-refractivity contribution in [2.24, 2.45) is 0 Å². The topological polar surface area (TPSA) is 84.5 Å².